The minimum Gasteiger partial charge on any atom is -0.389 e. The van der Waals surface area contributed by atoms with Gasteiger partial charge in [0.2, 0.25) is 0 Å². The van der Waals surface area contributed by atoms with Crippen LogP contribution >= 0.6 is 0 Å². The van der Waals surface area contributed by atoms with Crippen LogP contribution in [0.25, 0.3) is 0 Å². The summed E-state index contributed by atoms with van der Waals surface area (Å²) in [6, 6.07) is 5.05. The molecule has 100 valence electrons. The first-order valence-corrected chi connectivity index (χ1v) is 6.72. The van der Waals surface area contributed by atoms with Crippen LogP contribution in [0.5, 0.6) is 0 Å². The summed E-state index contributed by atoms with van der Waals surface area (Å²) in [5.41, 5.74) is 1.28. The van der Waals surface area contributed by atoms with Crippen molar-refractivity contribution in [2.45, 2.75) is 33.3 Å². The Morgan fingerprint density at radius 1 is 1.33 bits per heavy atom. The van der Waals surface area contributed by atoms with Crippen molar-refractivity contribution in [3.8, 4) is 0 Å². The minimum atomic E-state index is -0.768. The average Bonchev–Trinajstić information content (AvgIpc) is 2.32. The van der Waals surface area contributed by atoms with Crippen molar-refractivity contribution >= 4 is 5.69 Å². The van der Waals surface area contributed by atoms with Crippen LogP contribution in [-0.2, 0) is 0 Å². The van der Waals surface area contributed by atoms with E-state index in [0.29, 0.717) is 17.4 Å². The molecule has 1 aromatic rings. The fourth-order valence-corrected chi connectivity index (χ4v) is 2.70. The quantitative estimate of drug-likeness (QED) is 0.871. The third-order valence-electron chi connectivity index (χ3n) is 4.12. The maximum Gasteiger partial charge on any atom is 0.131 e. The molecule has 0 aromatic heterocycles. The van der Waals surface area contributed by atoms with Crippen LogP contribution in [0.3, 0.4) is 0 Å². The van der Waals surface area contributed by atoms with E-state index in [9.17, 15) is 9.50 Å². The summed E-state index contributed by atoms with van der Waals surface area (Å²) in [7, 11) is 0. The number of aliphatic hydroxyl groups excluding tert-OH is 1. The smallest absolute Gasteiger partial charge is 0.131 e. The van der Waals surface area contributed by atoms with Crippen LogP contribution in [0.1, 0.15) is 38.9 Å². The van der Waals surface area contributed by atoms with Gasteiger partial charge in [0.25, 0.3) is 0 Å². The van der Waals surface area contributed by atoms with E-state index >= 15 is 0 Å². The van der Waals surface area contributed by atoms with E-state index in [-0.39, 0.29) is 5.82 Å². The van der Waals surface area contributed by atoms with Gasteiger partial charge in [-0.15, -0.1) is 0 Å². The van der Waals surface area contributed by atoms with Crippen molar-refractivity contribution in [2.75, 3.05) is 18.0 Å². The highest BCUT2D eigenvalue weighted by Crippen LogP contribution is 2.33. The highest BCUT2D eigenvalue weighted by molar-refractivity contribution is 5.55. The van der Waals surface area contributed by atoms with Gasteiger partial charge in [0, 0.05) is 24.3 Å². The molecule has 0 amide bonds. The summed E-state index contributed by atoms with van der Waals surface area (Å²) in [6.07, 6.45) is 0.354. The Labute approximate surface area is 108 Å². The molecule has 3 atom stereocenters. The predicted molar refractivity (Wildman–Crippen MR) is 72.2 cm³/mol. The molecule has 1 aliphatic rings. The standard InChI is InChI=1S/C15H22FNO/c1-10-7-8-17(9-11(10)2)14-6-4-5-13(16)15(14)12(3)18/h4-6,10-12,18H,7-9H2,1-3H3/t10?,11?,12-/m0/s1. The molecule has 0 radical (unpaired) electrons. The lowest BCUT2D eigenvalue weighted by Crippen LogP contribution is -2.39. The summed E-state index contributed by atoms with van der Waals surface area (Å²) < 4.78 is 13.8. The summed E-state index contributed by atoms with van der Waals surface area (Å²) >= 11 is 0. The maximum absolute atomic E-state index is 13.8. The normalized spacial score (nSPS) is 26.2. The molecule has 1 saturated heterocycles. The van der Waals surface area contributed by atoms with Gasteiger partial charge in [-0.2, -0.15) is 0 Å². The van der Waals surface area contributed by atoms with E-state index in [1.807, 2.05) is 6.07 Å². The van der Waals surface area contributed by atoms with E-state index in [2.05, 4.69) is 18.7 Å². The molecule has 0 saturated carbocycles. The van der Waals surface area contributed by atoms with Crippen molar-refractivity contribution in [1.29, 1.82) is 0 Å². The van der Waals surface area contributed by atoms with Gasteiger partial charge in [0.05, 0.1) is 6.10 Å². The first kappa shape index (κ1) is 13.3. The second kappa shape index (κ2) is 5.27. The van der Waals surface area contributed by atoms with E-state index in [1.54, 1.807) is 13.0 Å². The lowest BCUT2D eigenvalue weighted by Gasteiger charge is -2.38. The van der Waals surface area contributed by atoms with Gasteiger partial charge in [-0.3, -0.25) is 0 Å². The largest absolute Gasteiger partial charge is 0.389 e. The molecule has 0 spiro atoms. The zero-order chi connectivity index (χ0) is 13.3. The van der Waals surface area contributed by atoms with E-state index in [1.165, 1.54) is 6.07 Å². The monoisotopic (exact) mass is 251 g/mol. The Morgan fingerprint density at radius 3 is 2.67 bits per heavy atom. The van der Waals surface area contributed by atoms with Gasteiger partial charge in [-0.1, -0.05) is 19.9 Å². The Balaban J connectivity index is 2.31. The molecule has 2 unspecified atom stereocenters. The van der Waals surface area contributed by atoms with Crippen molar-refractivity contribution in [2.24, 2.45) is 11.8 Å². The highest BCUT2D eigenvalue weighted by atomic mass is 19.1. The third kappa shape index (κ3) is 2.51. The number of aliphatic hydroxyl groups is 1. The predicted octanol–water partition coefficient (Wildman–Crippen LogP) is 3.36. The fraction of sp³-hybridized carbons (Fsp3) is 0.600. The van der Waals surface area contributed by atoms with Gasteiger partial charge >= 0.3 is 0 Å². The summed E-state index contributed by atoms with van der Waals surface area (Å²) in [5, 5.41) is 9.77. The Hall–Kier alpha value is -1.09. The molecular formula is C15H22FNO. The Kier molecular flexibility index (Phi) is 3.91. The van der Waals surface area contributed by atoms with E-state index in [0.717, 1.165) is 25.2 Å². The molecule has 1 heterocycles. The van der Waals surface area contributed by atoms with Crippen LogP contribution < -0.4 is 4.90 Å². The zero-order valence-corrected chi connectivity index (χ0v) is 11.4. The van der Waals surface area contributed by atoms with Crippen molar-refractivity contribution < 1.29 is 9.50 Å². The number of hydrogen-bond donors (Lipinski definition) is 1. The van der Waals surface area contributed by atoms with Crippen molar-refractivity contribution in [1.82, 2.24) is 0 Å². The lowest BCUT2D eigenvalue weighted by molar-refractivity contribution is 0.194. The van der Waals surface area contributed by atoms with Crippen molar-refractivity contribution in [3.05, 3.63) is 29.6 Å². The summed E-state index contributed by atoms with van der Waals surface area (Å²) in [6.45, 7) is 8.00. The second-order valence-electron chi connectivity index (χ2n) is 5.54. The van der Waals surface area contributed by atoms with Gasteiger partial charge in [-0.05, 0) is 37.3 Å². The number of rotatable bonds is 2. The third-order valence-corrected chi connectivity index (χ3v) is 4.12. The summed E-state index contributed by atoms with van der Waals surface area (Å²) in [4.78, 5) is 2.20. The van der Waals surface area contributed by atoms with E-state index < -0.39 is 6.10 Å². The maximum atomic E-state index is 13.8. The first-order chi connectivity index (χ1) is 8.50. The SMILES string of the molecule is CC1CCN(c2cccc(F)c2[C@H](C)O)CC1C. The van der Waals surface area contributed by atoms with Crippen LogP contribution in [0.2, 0.25) is 0 Å². The van der Waals surface area contributed by atoms with Gasteiger partial charge in [0.15, 0.2) is 0 Å². The molecular weight excluding hydrogens is 229 g/mol. The summed E-state index contributed by atoms with van der Waals surface area (Å²) in [5.74, 6) is 1.00. The van der Waals surface area contributed by atoms with Gasteiger partial charge in [0.1, 0.15) is 5.82 Å². The number of hydrogen-bond acceptors (Lipinski definition) is 2. The number of piperidine rings is 1. The number of benzene rings is 1. The molecule has 1 aliphatic heterocycles. The molecule has 0 bridgehead atoms. The average molecular weight is 251 g/mol. The molecule has 18 heavy (non-hydrogen) atoms. The van der Waals surface area contributed by atoms with Gasteiger partial charge < -0.3 is 10.0 Å². The molecule has 0 aliphatic carbocycles. The Morgan fingerprint density at radius 2 is 2.06 bits per heavy atom. The first-order valence-electron chi connectivity index (χ1n) is 6.72. The number of halogens is 1. The van der Waals surface area contributed by atoms with Gasteiger partial charge in [-0.25, -0.2) is 4.39 Å². The van der Waals surface area contributed by atoms with E-state index in [4.69, 9.17) is 0 Å². The molecule has 1 fully saturated rings. The Bertz CT molecular complexity index is 419. The highest BCUT2D eigenvalue weighted by Gasteiger charge is 2.26. The molecule has 2 nitrogen and oxygen atoms in total. The molecule has 2 rings (SSSR count). The topological polar surface area (TPSA) is 23.5 Å². The lowest BCUT2D eigenvalue weighted by atomic mass is 9.88. The number of nitrogens with zero attached hydrogens (tertiary/aromatic N) is 1. The molecule has 3 heteroatoms. The second-order valence-corrected chi connectivity index (χ2v) is 5.54. The fourth-order valence-electron chi connectivity index (χ4n) is 2.70. The van der Waals surface area contributed by atoms with Crippen molar-refractivity contribution in [3.63, 3.8) is 0 Å². The van der Waals surface area contributed by atoms with Crippen LogP contribution in [0, 0.1) is 17.7 Å². The zero-order valence-electron chi connectivity index (χ0n) is 11.4. The van der Waals surface area contributed by atoms with Crippen LogP contribution in [0.4, 0.5) is 10.1 Å². The minimum absolute atomic E-state index is 0.311. The molecule has 1 aromatic carbocycles. The van der Waals surface area contributed by atoms with Crippen LogP contribution in [0.15, 0.2) is 18.2 Å². The van der Waals surface area contributed by atoms with Crippen LogP contribution in [-0.4, -0.2) is 18.2 Å². The number of anilines is 1. The molecule has 1 N–H and O–H groups in total.